The molecule has 152 valence electrons. The van der Waals surface area contributed by atoms with Crippen molar-refractivity contribution in [2.45, 2.75) is 70.9 Å². The lowest BCUT2D eigenvalue weighted by molar-refractivity contribution is -0.145. The Morgan fingerprint density at radius 3 is 2.56 bits per heavy atom. The summed E-state index contributed by atoms with van der Waals surface area (Å²) in [6.07, 6.45) is 4.19. The van der Waals surface area contributed by atoms with E-state index in [4.69, 9.17) is 4.74 Å². The molecule has 0 radical (unpaired) electrons. The zero-order valence-corrected chi connectivity index (χ0v) is 16.9. The summed E-state index contributed by atoms with van der Waals surface area (Å²) >= 11 is 0. The van der Waals surface area contributed by atoms with Crippen molar-refractivity contribution >= 4 is 17.9 Å². The fourth-order valence-electron chi connectivity index (χ4n) is 4.41. The zero-order chi connectivity index (χ0) is 19.6. The Morgan fingerprint density at radius 1 is 1.22 bits per heavy atom. The van der Waals surface area contributed by atoms with E-state index in [1.54, 1.807) is 4.90 Å². The van der Waals surface area contributed by atoms with Gasteiger partial charge in [-0.1, -0.05) is 20.8 Å². The first-order valence-electron chi connectivity index (χ1n) is 10.4. The molecule has 27 heavy (non-hydrogen) atoms. The fraction of sp³-hybridized carbons (Fsp3) is 0.850. The number of nitrogens with zero attached hydrogens (tertiary/aromatic N) is 3. The molecule has 3 amide bonds. The van der Waals surface area contributed by atoms with Gasteiger partial charge in [-0.2, -0.15) is 0 Å². The van der Waals surface area contributed by atoms with Gasteiger partial charge in [0, 0.05) is 45.4 Å². The van der Waals surface area contributed by atoms with Crippen molar-refractivity contribution in [1.29, 1.82) is 0 Å². The SMILES string of the molecule is CCC(=O)N1CCC[C@H]1C(=O)N1CCC2(CC1)CN(CCC(C)C)C(=O)O2. The van der Waals surface area contributed by atoms with Gasteiger partial charge in [0.1, 0.15) is 11.6 Å². The van der Waals surface area contributed by atoms with Gasteiger partial charge in [0.25, 0.3) is 0 Å². The van der Waals surface area contributed by atoms with Gasteiger partial charge >= 0.3 is 6.09 Å². The first kappa shape index (κ1) is 20.0. The van der Waals surface area contributed by atoms with Crippen molar-refractivity contribution in [3.8, 4) is 0 Å². The van der Waals surface area contributed by atoms with E-state index < -0.39 is 5.60 Å². The molecule has 0 aliphatic carbocycles. The van der Waals surface area contributed by atoms with Gasteiger partial charge in [-0.3, -0.25) is 9.59 Å². The molecule has 0 N–H and O–H groups in total. The molecule has 0 unspecified atom stereocenters. The number of carbonyl (C=O) groups is 3. The number of carbonyl (C=O) groups excluding carboxylic acids is 3. The number of piperidine rings is 1. The van der Waals surface area contributed by atoms with Gasteiger partial charge in [-0.15, -0.1) is 0 Å². The summed E-state index contributed by atoms with van der Waals surface area (Å²) in [5.41, 5.74) is -0.445. The zero-order valence-electron chi connectivity index (χ0n) is 16.9. The molecule has 0 aromatic carbocycles. The van der Waals surface area contributed by atoms with Gasteiger partial charge in [0.2, 0.25) is 11.8 Å². The van der Waals surface area contributed by atoms with Crippen LogP contribution in [0.2, 0.25) is 0 Å². The Bertz CT molecular complexity index is 584. The van der Waals surface area contributed by atoms with Crippen molar-refractivity contribution in [2.75, 3.05) is 32.7 Å². The number of rotatable bonds is 5. The van der Waals surface area contributed by atoms with Crippen LogP contribution in [0.5, 0.6) is 0 Å². The van der Waals surface area contributed by atoms with E-state index in [1.165, 1.54) is 0 Å². The lowest BCUT2D eigenvalue weighted by Gasteiger charge is -2.39. The van der Waals surface area contributed by atoms with E-state index >= 15 is 0 Å². The van der Waals surface area contributed by atoms with Crippen molar-refractivity contribution in [3.63, 3.8) is 0 Å². The van der Waals surface area contributed by atoms with E-state index in [2.05, 4.69) is 13.8 Å². The van der Waals surface area contributed by atoms with Crippen LogP contribution in [0.15, 0.2) is 0 Å². The molecule has 3 saturated heterocycles. The molecule has 7 heteroatoms. The van der Waals surface area contributed by atoms with Gasteiger partial charge < -0.3 is 19.4 Å². The molecule has 7 nitrogen and oxygen atoms in total. The molecule has 1 atom stereocenters. The lowest BCUT2D eigenvalue weighted by atomic mass is 9.90. The molecule has 3 rings (SSSR count). The molecule has 1 spiro atoms. The summed E-state index contributed by atoms with van der Waals surface area (Å²) in [6, 6.07) is -0.305. The van der Waals surface area contributed by atoms with Crippen LogP contribution in [0, 0.1) is 5.92 Å². The van der Waals surface area contributed by atoms with E-state index in [-0.39, 0.29) is 23.9 Å². The summed E-state index contributed by atoms with van der Waals surface area (Å²) < 4.78 is 5.75. The Kier molecular flexibility index (Phi) is 5.96. The van der Waals surface area contributed by atoms with Crippen molar-refractivity contribution in [3.05, 3.63) is 0 Å². The van der Waals surface area contributed by atoms with Crippen molar-refractivity contribution < 1.29 is 19.1 Å². The minimum atomic E-state index is -0.445. The van der Waals surface area contributed by atoms with Gasteiger partial charge in [0.15, 0.2) is 0 Å². The van der Waals surface area contributed by atoms with E-state index in [0.29, 0.717) is 51.4 Å². The first-order valence-corrected chi connectivity index (χ1v) is 10.4. The van der Waals surface area contributed by atoms with Crippen LogP contribution >= 0.6 is 0 Å². The molecule has 0 aromatic rings. The highest BCUT2D eigenvalue weighted by Crippen LogP contribution is 2.34. The topological polar surface area (TPSA) is 70.2 Å². The average Bonchev–Trinajstić information content (AvgIpc) is 3.24. The van der Waals surface area contributed by atoms with Crippen LogP contribution in [-0.2, 0) is 14.3 Å². The third-order valence-electron chi connectivity index (χ3n) is 6.16. The van der Waals surface area contributed by atoms with Crippen LogP contribution in [0.1, 0.15) is 59.3 Å². The second-order valence-corrected chi connectivity index (χ2v) is 8.58. The van der Waals surface area contributed by atoms with Crippen LogP contribution in [0.3, 0.4) is 0 Å². The molecule has 3 aliphatic heterocycles. The van der Waals surface area contributed by atoms with Crippen LogP contribution in [0.25, 0.3) is 0 Å². The maximum absolute atomic E-state index is 13.0. The monoisotopic (exact) mass is 379 g/mol. The highest BCUT2D eigenvalue weighted by molar-refractivity contribution is 5.88. The maximum atomic E-state index is 13.0. The Morgan fingerprint density at radius 2 is 1.93 bits per heavy atom. The van der Waals surface area contributed by atoms with Crippen LogP contribution < -0.4 is 0 Å². The number of hydrogen-bond acceptors (Lipinski definition) is 4. The molecule has 0 bridgehead atoms. The highest BCUT2D eigenvalue weighted by atomic mass is 16.6. The molecule has 0 aromatic heterocycles. The standard InChI is InChI=1S/C20H33N3O4/c1-4-17(24)23-10-5-6-16(23)18(25)21-12-8-20(9-13-21)14-22(19(26)27-20)11-7-15(2)3/h15-16H,4-14H2,1-3H3/t16-/m0/s1. The van der Waals surface area contributed by atoms with Crippen molar-refractivity contribution in [1.82, 2.24) is 14.7 Å². The average molecular weight is 380 g/mol. The normalized spacial score (nSPS) is 24.8. The molecular weight excluding hydrogens is 346 g/mol. The Labute approximate surface area is 162 Å². The van der Waals surface area contributed by atoms with E-state index in [0.717, 1.165) is 25.8 Å². The third kappa shape index (κ3) is 4.22. The second kappa shape index (κ2) is 8.07. The molecule has 3 fully saturated rings. The molecule has 3 heterocycles. The van der Waals surface area contributed by atoms with Crippen molar-refractivity contribution in [2.24, 2.45) is 5.92 Å². The summed E-state index contributed by atoms with van der Waals surface area (Å²) in [5, 5.41) is 0. The fourth-order valence-corrected chi connectivity index (χ4v) is 4.41. The molecular formula is C20H33N3O4. The summed E-state index contributed by atoms with van der Waals surface area (Å²) in [5.74, 6) is 0.670. The van der Waals surface area contributed by atoms with Crippen LogP contribution in [-0.4, -0.2) is 77.0 Å². The van der Waals surface area contributed by atoms with Gasteiger partial charge in [-0.25, -0.2) is 4.79 Å². The summed E-state index contributed by atoms with van der Waals surface area (Å²) in [7, 11) is 0. The predicted molar refractivity (Wildman–Crippen MR) is 101 cm³/mol. The summed E-state index contributed by atoms with van der Waals surface area (Å²) in [6.45, 7) is 9.37. The lowest BCUT2D eigenvalue weighted by Crippen LogP contribution is -2.53. The number of amides is 3. The van der Waals surface area contributed by atoms with Crippen LogP contribution in [0.4, 0.5) is 4.79 Å². The first-order chi connectivity index (χ1) is 12.8. The largest absolute Gasteiger partial charge is 0.441 e. The molecule has 0 saturated carbocycles. The second-order valence-electron chi connectivity index (χ2n) is 8.58. The number of hydrogen-bond donors (Lipinski definition) is 0. The summed E-state index contributed by atoms with van der Waals surface area (Å²) in [4.78, 5) is 42.7. The Balaban J connectivity index is 1.55. The third-order valence-corrected chi connectivity index (χ3v) is 6.16. The van der Waals surface area contributed by atoms with E-state index in [9.17, 15) is 14.4 Å². The number of likely N-dealkylation sites (tertiary alicyclic amines) is 2. The minimum Gasteiger partial charge on any atom is -0.441 e. The maximum Gasteiger partial charge on any atom is 0.410 e. The smallest absolute Gasteiger partial charge is 0.410 e. The van der Waals surface area contributed by atoms with Gasteiger partial charge in [-0.05, 0) is 25.2 Å². The number of ether oxygens (including phenoxy) is 1. The quantitative estimate of drug-likeness (QED) is 0.735. The van der Waals surface area contributed by atoms with Gasteiger partial charge in [0.05, 0.1) is 6.54 Å². The molecule has 3 aliphatic rings. The van der Waals surface area contributed by atoms with E-state index in [1.807, 2.05) is 16.7 Å². The highest BCUT2D eigenvalue weighted by Gasteiger charge is 2.48. The Hall–Kier alpha value is -1.79. The predicted octanol–water partition coefficient (Wildman–Crippen LogP) is 2.25. The minimum absolute atomic E-state index is 0.0600.